The Morgan fingerprint density at radius 3 is 2.27 bits per heavy atom. The van der Waals surface area contributed by atoms with Gasteiger partial charge in [-0.3, -0.25) is 4.79 Å². The molecule has 4 nitrogen and oxygen atoms in total. The predicted octanol–water partition coefficient (Wildman–Crippen LogP) is 5.87. The first-order valence-electron chi connectivity index (χ1n) is 11.4. The zero-order valence-corrected chi connectivity index (χ0v) is 19.2. The molecule has 4 bridgehead atoms. The highest BCUT2D eigenvalue weighted by Crippen LogP contribution is 2.47. The van der Waals surface area contributed by atoms with E-state index in [0.717, 1.165) is 48.9 Å². The summed E-state index contributed by atoms with van der Waals surface area (Å²) in [5.74, 6) is 0.353. The number of carbonyl (C=O) groups excluding carboxylic acids is 1. The van der Waals surface area contributed by atoms with Crippen LogP contribution in [0, 0.1) is 18.8 Å². The molecule has 0 saturated heterocycles. The fourth-order valence-electron chi connectivity index (χ4n) is 5.39. The summed E-state index contributed by atoms with van der Waals surface area (Å²) >= 11 is 0. The minimum Gasteiger partial charge on any atom is -0.292 e. The lowest BCUT2D eigenvalue weighted by Crippen LogP contribution is -2.23. The Kier molecular flexibility index (Phi) is 5.93. The SMILES string of the molecule is Cc1ccc(S(=O)(=O)n2c3cc4c2C(=O)[C@H](CCCCCCCC3)[C@H]4C(C)C)cc1. The number of Topliss-reactive ketones (excluding diaryl/α,β-unsaturated/α-hetero) is 1. The van der Waals surface area contributed by atoms with Crippen LogP contribution >= 0.6 is 0 Å². The molecule has 30 heavy (non-hydrogen) atoms. The molecular weight excluding hydrogens is 394 g/mol. The number of hydrogen-bond donors (Lipinski definition) is 0. The zero-order chi connectivity index (χ0) is 21.5. The second kappa shape index (κ2) is 8.33. The van der Waals surface area contributed by atoms with Crippen molar-refractivity contribution in [1.29, 1.82) is 0 Å². The van der Waals surface area contributed by atoms with Crippen LogP contribution in [-0.2, 0) is 16.4 Å². The Morgan fingerprint density at radius 2 is 1.60 bits per heavy atom. The predicted molar refractivity (Wildman–Crippen MR) is 120 cm³/mol. The number of ketones is 1. The van der Waals surface area contributed by atoms with Crippen molar-refractivity contribution in [1.82, 2.24) is 3.97 Å². The van der Waals surface area contributed by atoms with Crippen LogP contribution < -0.4 is 0 Å². The largest absolute Gasteiger partial charge is 0.292 e. The number of hydrogen-bond acceptors (Lipinski definition) is 3. The molecule has 3 aliphatic rings. The number of aromatic nitrogens is 1. The van der Waals surface area contributed by atoms with Crippen LogP contribution in [0.4, 0.5) is 0 Å². The summed E-state index contributed by atoms with van der Waals surface area (Å²) in [6.07, 6.45) is 8.19. The Morgan fingerprint density at radius 1 is 0.967 bits per heavy atom. The number of rotatable bonds is 3. The lowest BCUT2D eigenvalue weighted by atomic mass is 9.80. The van der Waals surface area contributed by atoms with E-state index < -0.39 is 10.0 Å². The molecule has 2 aromatic rings. The fourth-order valence-corrected chi connectivity index (χ4v) is 6.97. The van der Waals surface area contributed by atoms with Gasteiger partial charge in [0.05, 0.1) is 4.90 Å². The molecule has 1 aromatic heterocycles. The van der Waals surface area contributed by atoms with Crippen molar-refractivity contribution < 1.29 is 13.2 Å². The molecule has 2 aliphatic carbocycles. The summed E-state index contributed by atoms with van der Waals surface area (Å²) in [6.45, 7) is 6.26. The standard InChI is InChI=1S/C25H33NO3S/c1-17(2)23-21-11-9-7-5-4-6-8-10-19-16-22(23)24(25(21)27)26(19)30(28,29)20-14-12-18(3)13-15-20/h12-17,21,23H,4-11H2,1-3H3/t21-,23-/m1/s1. The van der Waals surface area contributed by atoms with Crippen molar-refractivity contribution in [2.75, 3.05) is 0 Å². The Labute approximate surface area is 180 Å². The minimum atomic E-state index is -3.81. The number of benzene rings is 1. The molecule has 0 N–H and O–H groups in total. The summed E-state index contributed by atoms with van der Waals surface area (Å²) in [5, 5.41) is 0. The van der Waals surface area contributed by atoms with Gasteiger partial charge in [-0.15, -0.1) is 0 Å². The average molecular weight is 428 g/mol. The Balaban J connectivity index is 1.90. The molecule has 5 rings (SSSR count). The molecular formula is C25H33NO3S. The van der Waals surface area contributed by atoms with Gasteiger partial charge in [-0.25, -0.2) is 12.4 Å². The first kappa shape index (κ1) is 21.4. The van der Waals surface area contributed by atoms with Gasteiger partial charge in [0, 0.05) is 11.6 Å². The Bertz CT molecular complexity index is 1030. The summed E-state index contributed by atoms with van der Waals surface area (Å²) in [7, 11) is -3.81. The summed E-state index contributed by atoms with van der Waals surface area (Å²) < 4.78 is 28.9. The highest BCUT2D eigenvalue weighted by Gasteiger charge is 2.45. The summed E-state index contributed by atoms with van der Waals surface area (Å²) in [4.78, 5) is 13.9. The maximum Gasteiger partial charge on any atom is 0.268 e. The van der Waals surface area contributed by atoms with Crippen LogP contribution in [0.15, 0.2) is 35.2 Å². The van der Waals surface area contributed by atoms with Crippen molar-refractivity contribution >= 4 is 15.8 Å². The molecule has 5 heteroatoms. The highest BCUT2D eigenvalue weighted by molar-refractivity contribution is 7.90. The molecule has 0 saturated carbocycles. The molecule has 0 spiro atoms. The monoisotopic (exact) mass is 427 g/mol. The van der Waals surface area contributed by atoms with E-state index in [2.05, 4.69) is 13.8 Å². The van der Waals surface area contributed by atoms with Gasteiger partial charge >= 0.3 is 0 Å². The molecule has 1 aromatic carbocycles. The molecule has 0 amide bonds. The Hall–Kier alpha value is -1.88. The van der Waals surface area contributed by atoms with Gasteiger partial charge in [0.1, 0.15) is 5.69 Å². The minimum absolute atomic E-state index is 0.0323. The van der Waals surface area contributed by atoms with Crippen LogP contribution in [0.1, 0.15) is 92.0 Å². The third-order valence-corrected chi connectivity index (χ3v) is 8.66. The van der Waals surface area contributed by atoms with Gasteiger partial charge in [-0.05, 0) is 61.8 Å². The van der Waals surface area contributed by atoms with Crippen LogP contribution in [-0.4, -0.2) is 18.2 Å². The topological polar surface area (TPSA) is 56.1 Å². The van der Waals surface area contributed by atoms with Crippen molar-refractivity contribution in [3.8, 4) is 0 Å². The molecule has 2 atom stereocenters. The van der Waals surface area contributed by atoms with E-state index in [1.165, 1.54) is 16.8 Å². The van der Waals surface area contributed by atoms with Crippen molar-refractivity contribution in [2.24, 2.45) is 11.8 Å². The number of carbonyl (C=O) groups is 1. The molecule has 162 valence electrons. The van der Waals surface area contributed by atoms with Crippen molar-refractivity contribution in [3.63, 3.8) is 0 Å². The number of aryl methyl sites for hydroxylation is 2. The molecule has 2 heterocycles. The van der Waals surface area contributed by atoms with Crippen LogP contribution in [0.3, 0.4) is 0 Å². The van der Waals surface area contributed by atoms with Gasteiger partial charge in [0.15, 0.2) is 5.78 Å². The first-order chi connectivity index (χ1) is 14.3. The second-order valence-electron chi connectivity index (χ2n) is 9.42. The lowest BCUT2D eigenvalue weighted by molar-refractivity contribution is 0.0896. The molecule has 0 unspecified atom stereocenters. The third kappa shape index (κ3) is 3.66. The molecule has 0 fully saturated rings. The van der Waals surface area contributed by atoms with E-state index in [4.69, 9.17) is 0 Å². The van der Waals surface area contributed by atoms with Gasteiger partial charge in [-0.1, -0.05) is 63.6 Å². The van der Waals surface area contributed by atoms with Crippen molar-refractivity contribution in [3.05, 3.63) is 52.8 Å². The van der Waals surface area contributed by atoms with Crippen LogP contribution in [0.2, 0.25) is 0 Å². The maximum atomic E-state index is 13.7. The maximum absolute atomic E-state index is 13.7. The second-order valence-corrected chi connectivity index (χ2v) is 11.2. The van der Waals surface area contributed by atoms with E-state index in [9.17, 15) is 13.2 Å². The average Bonchev–Trinajstić information content (AvgIpc) is 3.20. The van der Waals surface area contributed by atoms with E-state index in [-0.39, 0.29) is 22.5 Å². The van der Waals surface area contributed by atoms with Gasteiger partial charge in [0.25, 0.3) is 10.0 Å². The van der Waals surface area contributed by atoms with E-state index >= 15 is 0 Å². The van der Waals surface area contributed by atoms with Crippen molar-refractivity contribution in [2.45, 2.75) is 83.0 Å². The van der Waals surface area contributed by atoms with E-state index in [0.29, 0.717) is 18.0 Å². The quantitative estimate of drug-likeness (QED) is 0.615. The van der Waals surface area contributed by atoms with E-state index in [1.54, 1.807) is 12.1 Å². The van der Waals surface area contributed by atoms with Crippen LogP contribution in [0.25, 0.3) is 0 Å². The van der Waals surface area contributed by atoms with Gasteiger partial charge < -0.3 is 0 Å². The van der Waals surface area contributed by atoms with Gasteiger partial charge in [-0.2, -0.15) is 0 Å². The van der Waals surface area contributed by atoms with Crippen LogP contribution in [0.5, 0.6) is 0 Å². The summed E-state index contributed by atoms with van der Waals surface area (Å²) in [6, 6.07) is 9.00. The smallest absolute Gasteiger partial charge is 0.268 e. The summed E-state index contributed by atoms with van der Waals surface area (Å²) in [5.41, 5.74) is 3.19. The van der Waals surface area contributed by atoms with Gasteiger partial charge in [0.2, 0.25) is 0 Å². The van der Waals surface area contributed by atoms with E-state index in [1.807, 2.05) is 25.1 Å². The molecule has 0 radical (unpaired) electrons. The first-order valence-corrected chi connectivity index (χ1v) is 12.9. The zero-order valence-electron chi connectivity index (χ0n) is 18.4. The lowest BCUT2D eigenvalue weighted by Gasteiger charge is -2.23. The highest BCUT2D eigenvalue weighted by atomic mass is 32.2. The fraction of sp³-hybridized carbons (Fsp3) is 0.560. The third-order valence-electron chi connectivity index (χ3n) is 6.90. The normalized spacial score (nSPS) is 22.7. The number of nitrogens with zero attached hydrogens (tertiary/aromatic N) is 1. The molecule has 1 aliphatic heterocycles. The number of fused-ring (bicyclic) bond motifs is 7.